The molecule has 4 nitrogen and oxygen atoms in total. The lowest BCUT2D eigenvalue weighted by Gasteiger charge is -2.03. The Morgan fingerprint density at radius 2 is 2.29 bits per heavy atom. The molecule has 0 aromatic carbocycles. The summed E-state index contributed by atoms with van der Waals surface area (Å²) in [5, 5.41) is 9.39. The molecule has 0 aliphatic heterocycles. The molecule has 0 bridgehead atoms. The minimum Gasteiger partial charge on any atom is -0.389 e. The first-order valence-electron chi connectivity index (χ1n) is 4.56. The van der Waals surface area contributed by atoms with Crippen LogP contribution in [0.2, 0.25) is 0 Å². The van der Waals surface area contributed by atoms with Gasteiger partial charge in [0, 0.05) is 18.9 Å². The molecule has 0 aliphatic rings. The molecule has 2 aromatic heterocycles. The predicted octanol–water partition coefficient (Wildman–Crippen LogP) is 0.846. The Morgan fingerprint density at radius 3 is 2.93 bits per heavy atom. The second-order valence-electron chi connectivity index (χ2n) is 3.34. The highest BCUT2D eigenvalue weighted by atomic mass is 16.3. The van der Waals surface area contributed by atoms with Gasteiger partial charge in [-0.25, -0.2) is 4.98 Å². The smallest absolute Gasteiger partial charge is 0.137 e. The molecule has 2 heterocycles. The quantitative estimate of drug-likeness (QED) is 0.739. The van der Waals surface area contributed by atoms with E-state index in [1.807, 2.05) is 28.9 Å². The van der Waals surface area contributed by atoms with Crippen molar-refractivity contribution in [3.8, 4) is 0 Å². The fourth-order valence-corrected chi connectivity index (χ4v) is 1.41. The van der Waals surface area contributed by atoms with E-state index >= 15 is 0 Å². The zero-order valence-electron chi connectivity index (χ0n) is 8.01. The molecular formula is C10H13N3O. The lowest BCUT2D eigenvalue weighted by atomic mass is 10.2. The minimum atomic E-state index is -0.455. The second kappa shape index (κ2) is 3.40. The molecule has 0 radical (unpaired) electrons. The monoisotopic (exact) mass is 191 g/mol. The Labute approximate surface area is 82.0 Å². The molecule has 2 aromatic rings. The topological polar surface area (TPSA) is 63.5 Å². The fraction of sp³-hybridized carbons (Fsp3) is 0.300. The van der Waals surface area contributed by atoms with Crippen LogP contribution in [-0.4, -0.2) is 14.5 Å². The molecule has 0 fully saturated rings. The lowest BCUT2D eigenvalue weighted by Crippen LogP contribution is -1.95. The largest absolute Gasteiger partial charge is 0.389 e. The average molecular weight is 191 g/mol. The van der Waals surface area contributed by atoms with Crippen molar-refractivity contribution < 1.29 is 5.11 Å². The minimum absolute atomic E-state index is 0.436. The Bertz CT molecular complexity index is 448. The number of hydrogen-bond acceptors (Lipinski definition) is 3. The number of rotatable bonds is 2. The zero-order valence-corrected chi connectivity index (χ0v) is 8.01. The predicted molar refractivity (Wildman–Crippen MR) is 53.7 cm³/mol. The molecule has 0 amide bonds. The number of nitrogens with two attached hydrogens (primary N) is 1. The van der Waals surface area contributed by atoms with Crippen molar-refractivity contribution in [2.24, 2.45) is 5.73 Å². The van der Waals surface area contributed by atoms with E-state index in [0.29, 0.717) is 6.54 Å². The molecule has 4 heteroatoms. The molecule has 14 heavy (non-hydrogen) atoms. The summed E-state index contributed by atoms with van der Waals surface area (Å²) >= 11 is 0. The molecule has 2 rings (SSSR count). The number of pyridine rings is 1. The van der Waals surface area contributed by atoms with Crippen LogP contribution in [0.5, 0.6) is 0 Å². The van der Waals surface area contributed by atoms with Crippen molar-refractivity contribution in [2.75, 3.05) is 0 Å². The molecule has 0 saturated heterocycles. The van der Waals surface area contributed by atoms with Gasteiger partial charge in [-0.15, -0.1) is 0 Å². The molecule has 3 N–H and O–H groups in total. The maximum absolute atomic E-state index is 9.39. The summed E-state index contributed by atoms with van der Waals surface area (Å²) in [5.74, 6) is 0. The third-order valence-corrected chi connectivity index (χ3v) is 2.22. The van der Waals surface area contributed by atoms with E-state index in [0.717, 1.165) is 16.9 Å². The summed E-state index contributed by atoms with van der Waals surface area (Å²) in [4.78, 5) is 4.29. The Morgan fingerprint density at radius 1 is 1.50 bits per heavy atom. The van der Waals surface area contributed by atoms with Crippen LogP contribution in [0.4, 0.5) is 0 Å². The summed E-state index contributed by atoms with van der Waals surface area (Å²) in [6.45, 7) is 2.17. The van der Waals surface area contributed by atoms with Crippen LogP contribution in [0.25, 0.3) is 5.65 Å². The van der Waals surface area contributed by atoms with Crippen molar-refractivity contribution in [1.82, 2.24) is 9.38 Å². The van der Waals surface area contributed by atoms with Gasteiger partial charge in [-0.2, -0.15) is 0 Å². The third-order valence-electron chi connectivity index (χ3n) is 2.22. The van der Waals surface area contributed by atoms with Crippen LogP contribution in [0.1, 0.15) is 24.3 Å². The third kappa shape index (κ3) is 1.49. The van der Waals surface area contributed by atoms with Crippen LogP contribution in [-0.2, 0) is 6.54 Å². The first-order valence-corrected chi connectivity index (χ1v) is 4.56. The van der Waals surface area contributed by atoms with Crippen molar-refractivity contribution >= 4 is 5.65 Å². The highest BCUT2D eigenvalue weighted by Crippen LogP contribution is 2.13. The van der Waals surface area contributed by atoms with Gasteiger partial charge in [-0.3, -0.25) is 0 Å². The number of fused-ring (bicyclic) bond motifs is 1. The number of aliphatic hydroxyl groups is 1. The maximum atomic E-state index is 9.39. The maximum Gasteiger partial charge on any atom is 0.137 e. The molecule has 1 unspecified atom stereocenters. The molecule has 0 saturated carbocycles. The number of aliphatic hydroxyl groups excluding tert-OH is 1. The van der Waals surface area contributed by atoms with Crippen LogP contribution >= 0.6 is 0 Å². The van der Waals surface area contributed by atoms with Gasteiger partial charge in [-0.05, 0) is 18.6 Å². The van der Waals surface area contributed by atoms with Crippen molar-refractivity contribution in [2.45, 2.75) is 19.6 Å². The summed E-state index contributed by atoms with van der Waals surface area (Å²) in [6, 6.07) is 3.74. The number of aromatic nitrogens is 2. The first kappa shape index (κ1) is 9.18. The van der Waals surface area contributed by atoms with Crippen LogP contribution in [0.3, 0.4) is 0 Å². The molecule has 74 valence electrons. The number of hydrogen-bond donors (Lipinski definition) is 2. The van der Waals surface area contributed by atoms with Gasteiger partial charge >= 0.3 is 0 Å². The highest BCUT2D eigenvalue weighted by Gasteiger charge is 2.03. The Balaban J connectivity index is 2.54. The first-order chi connectivity index (χ1) is 6.70. The van der Waals surface area contributed by atoms with E-state index in [4.69, 9.17) is 5.73 Å². The van der Waals surface area contributed by atoms with Crippen LogP contribution < -0.4 is 5.73 Å². The van der Waals surface area contributed by atoms with Gasteiger partial charge in [0.2, 0.25) is 0 Å². The van der Waals surface area contributed by atoms with E-state index in [2.05, 4.69) is 4.98 Å². The van der Waals surface area contributed by atoms with E-state index in [1.54, 1.807) is 6.92 Å². The highest BCUT2D eigenvalue weighted by molar-refractivity contribution is 5.41. The molecular weight excluding hydrogens is 178 g/mol. The van der Waals surface area contributed by atoms with E-state index in [-0.39, 0.29) is 0 Å². The van der Waals surface area contributed by atoms with E-state index in [9.17, 15) is 5.11 Å². The van der Waals surface area contributed by atoms with Gasteiger partial charge < -0.3 is 15.2 Å². The average Bonchev–Trinajstić information content (AvgIpc) is 2.58. The summed E-state index contributed by atoms with van der Waals surface area (Å²) in [5.41, 5.74) is 8.07. The normalized spacial score (nSPS) is 13.4. The van der Waals surface area contributed by atoms with Gasteiger partial charge in [0.25, 0.3) is 0 Å². The molecule has 0 aliphatic carbocycles. The van der Waals surface area contributed by atoms with Crippen molar-refractivity contribution in [3.05, 3.63) is 35.8 Å². The van der Waals surface area contributed by atoms with Gasteiger partial charge in [-0.1, -0.05) is 6.07 Å². The summed E-state index contributed by atoms with van der Waals surface area (Å²) < 4.78 is 1.88. The van der Waals surface area contributed by atoms with Crippen LogP contribution in [0.15, 0.2) is 24.5 Å². The number of imidazole rings is 1. The standard InChI is InChI=1S/C10H13N3O/c1-7(14)8-2-3-10-12-9(4-11)6-13(10)5-8/h2-3,5-7,14H,4,11H2,1H3. The van der Waals surface area contributed by atoms with Crippen molar-refractivity contribution in [3.63, 3.8) is 0 Å². The molecule has 0 spiro atoms. The Kier molecular flexibility index (Phi) is 2.23. The van der Waals surface area contributed by atoms with Crippen LogP contribution in [0, 0.1) is 0 Å². The summed E-state index contributed by atoms with van der Waals surface area (Å²) in [7, 11) is 0. The second-order valence-corrected chi connectivity index (χ2v) is 3.34. The Hall–Kier alpha value is -1.39. The SMILES string of the molecule is CC(O)c1ccc2nc(CN)cn2c1. The van der Waals surface area contributed by atoms with E-state index < -0.39 is 6.10 Å². The zero-order chi connectivity index (χ0) is 10.1. The van der Waals surface area contributed by atoms with Gasteiger partial charge in [0.05, 0.1) is 11.8 Å². The fourth-order valence-electron chi connectivity index (χ4n) is 1.41. The van der Waals surface area contributed by atoms with Crippen molar-refractivity contribution in [1.29, 1.82) is 0 Å². The van der Waals surface area contributed by atoms with Gasteiger partial charge in [0.15, 0.2) is 0 Å². The molecule has 1 atom stereocenters. The van der Waals surface area contributed by atoms with E-state index in [1.165, 1.54) is 0 Å². The lowest BCUT2D eigenvalue weighted by molar-refractivity contribution is 0.199. The number of nitrogens with zero attached hydrogens (tertiary/aromatic N) is 2. The summed E-state index contributed by atoms with van der Waals surface area (Å²) in [6.07, 6.45) is 3.29. The van der Waals surface area contributed by atoms with Gasteiger partial charge in [0.1, 0.15) is 5.65 Å².